The summed E-state index contributed by atoms with van der Waals surface area (Å²) in [5.74, 6) is 2.03. The van der Waals surface area contributed by atoms with Gasteiger partial charge in [0.1, 0.15) is 17.7 Å². The first-order valence-electron chi connectivity index (χ1n) is 9.20. The Morgan fingerprint density at radius 3 is 2.13 bits per heavy atom. The number of methoxy groups -OCH3 is 4. The first-order valence-corrected chi connectivity index (χ1v) is 9.20. The van der Waals surface area contributed by atoms with Crippen LogP contribution in [0.4, 0.5) is 0 Å². The van der Waals surface area contributed by atoms with Crippen molar-refractivity contribution in [2.75, 3.05) is 35.0 Å². The number of carbonyl (C=O) groups excluding carboxylic acids is 1. The van der Waals surface area contributed by atoms with E-state index in [2.05, 4.69) is 5.16 Å². The molecule has 0 aliphatic rings. The molecule has 3 aromatic rings. The zero-order chi connectivity index (χ0) is 21.7. The summed E-state index contributed by atoms with van der Waals surface area (Å²) < 4.78 is 26.9. The van der Waals surface area contributed by atoms with Crippen LogP contribution in [0.5, 0.6) is 23.0 Å². The molecule has 1 heterocycles. The van der Waals surface area contributed by atoms with Crippen LogP contribution in [0.2, 0.25) is 0 Å². The Hall–Kier alpha value is -3.23. The molecule has 1 aromatic heterocycles. The molecule has 0 atom stereocenters. The van der Waals surface area contributed by atoms with Crippen molar-refractivity contribution in [1.82, 2.24) is 5.16 Å². The van der Waals surface area contributed by atoms with Crippen LogP contribution in [0.1, 0.15) is 5.56 Å². The van der Waals surface area contributed by atoms with Crippen molar-refractivity contribution < 1.29 is 28.3 Å². The maximum Gasteiger partial charge on any atom is 0.203 e. The third-order valence-electron chi connectivity index (χ3n) is 4.71. The summed E-state index contributed by atoms with van der Waals surface area (Å²) >= 11 is 0. The number of rotatable bonds is 9. The number of halogens is 1. The number of carbonyl (C=O) groups is 1. The molecule has 0 aliphatic carbocycles. The van der Waals surface area contributed by atoms with E-state index >= 15 is 0 Å². The molecule has 31 heavy (non-hydrogen) atoms. The highest BCUT2D eigenvalue weighted by Gasteiger charge is 2.20. The van der Waals surface area contributed by atoms with Gasteiger partial charge >= 0.3 is 0 Å². The molecule has 2 aromatic carbocycles. The topological polar surface area (TPSA) is 106 Å². The number of ether oxygens (including phenoxy) is 4. The van der Waals surface area contributed by atoms with Crippen molar-refractivity contribution in [3.63, 3.8) is 0 Å². The standard InChI is InChI=1S/C22H24N2O6.ClH/c1-26-18-6-5-13(7-14(18)8-16(25)11-23)17-12-30-24-21(17)15-9-19(27-2)22(29-4)20(10-15)28-3;/h5-7,9-10,12H,8,11,23H2,1-4H3;1H. The van der Waals surface area contributed by atoms with Crippen molar-refractivity contribution >= 4 is 18.2 Å². The van der Waals surface area contributed by atoms with E-state index in [-0.39, 0.29) is 31.2 Å². The van der Waals surface area contributed by atoms with E-state index in [4.69, 9.17) is 29.2 Å². The summed E-state index contributed by atoms with van der Waals surface area (Å²) in [7, 11) is 6.21. The molecule has 166 valence electrons. The maximum absolute atomic E-state index is 11.9. The van der Waals surface area contributed by atoms with Crippen LogP contribution in [-0.4, -0.2) is 45.9 Å². The monoisotopic (exact) mass is 448 g/mol. The molecule has 0 bridgehead atoms. The molecule has 0 fully saturated rings. The number of Topliss-reactive ketones (excluding diaryl/α,β-unsaturated/α-hetero) is 1. The number of benzene rings is 2. The molecule has 0 spiro atoms. The lowest BCUT2D eigenvalue weighted by atomic mass is 9.97. The summed E-state index contributed by atoms with van der Waals surface area (Å²) in [6, 6.07) is 9.15. The average Bonchev–Trinajstić information content (AvgIpc) is 3.27. The van der Waals surface area contributed by atoms with Crippen LogP contribution < -0.4 is 24.7 Å². The van der Waals surface area contributed by atoms with Gasteiger partial charge < -0.3 is 29.2 Å². The number of nitrogens with two attached hydrogens (primary N) is 1. The van der Waals surface area contributed by atoms with Crippen LogP contribution in [0, 0.1) is 0 Å². The smallest absolute Gasteiger partial charge is 0.203 e. The van der Waals surface area contributed by atoms with E-state index in [1.54, 1.807) is 52.9 Å². The lowest BCUT2D eigenvalue weighted by Gasteiger charge is -2.14. The lowest BCUT2D eigenvalue weighted by Crippen LogP contribution is -2.16. The maximum atomic E-state index is 11.9. The summed E-state index contributed by atoms with van der Waals surface area (Å²) in [6.07, 6.45) is 1.73. The minimum Gasteiger partial charge on any atom is -0.496 e. The van der Waals surface area contributed by atoms with E-state index in [0.717, 1.165) is 22.3 Å². The molecule has 0 saturated carbocycles. The van der Waals surface area contributed by atoms with Crippen molar-refractivity contribution in [2.24, 2.45) is 5.73 Å². The Kier molecular flexibility index (Phi) is 8.30. The quantitative estimate of drug-likeness (QED) is 0.529. The van der Waals surface area contributed by atoms with Gasteiger partial charge in [-0.05, 0) is 29.8 Å². The average molecular weight is 449 g/mol. The van der Waals surface area contributed by atoms with Gasteiger partial charge in [-0.3, -0.25) is 4.79 Å². The molecule has 0 aliphatic heterocycles. The number of hydrogen-bond donors (Lipinski definition) is 1. The molecular weight excluding hydrogens is 424 g/mol. The van der Waals surface area contributed by atoms with Crippen molar-refractivity contribution in [2.45, 2.75) is 6.42 Å². The van der Waals surface area contributed by atoms with Crippen molar-refractivity contribution in [1.29, 1.82) is 0 Å². The molecule has 3 rings (SSSR count). The highest BCUT2D eigenvalue weighted by atomic mass is 35.5. The van der Waals surface area contributed by atoms with Gasteiger partial charge in [-0.25, -0.2) is 0 Å². The van der Waals surface area contributed by atoms with Crippen molar-refractivity contribution in [3.05, 3.63) is 42.2 Å². The molecular formula is C22H25ClN2O6. The Morgan fingerprint density at radius 1 is 0.935 bits per heavy atom. The van der Waals surface area contributed by atoms with Crippen LogP contribution in [0.25, 0.3) is 22.4 Å². The summed E-state index contributed by atoms with van der Waals surface area (Å²) in [5.41, 5.74) is 9.09. The first-order chi connectivity index (χ1) is 14.6. The lowest BCUT2D eigenvalue weighted by molar-refractivity contribution is -0.117. The van der Waals surface area contributed by atoms with Crippen LogP contribution in [0.3, 0.4) is 0 Å². The predicted molar refractivity (Wildman–Crippen MR) is 119 cm³/mol. The molecule has 0 amide bonds. The van der Waals surface area contributed by atoms with E-state index in [1.165, 1.54) is 0 Å². The Morgan fingerprint density at radius 2 is 1.58 bits per heavy atom. The van der Waals surface area contributed by atoms with Gasteiger partial charge in [0.05, 0.1) is 35.0 Å². The SMILES string of the molecule is COc1ccc(-c2conc2-c2cc(OC)c(OC)c(OC)c2)cc1CC(=O)CN.Cl. The van der Waals surface area contributed by atoms with Crippen LogP contribution in [0.15, 0.2) is 41.1 Å². The first kappa shape index (κ1) is 24.0. The minimum absolute atomic E-state index is 0. The van der Waals surface area contributed by atoms with E-state index < -0.39 is 0 Å². The summed E-state index contributed by atoms with van der Waals surface area (Å²) in [5, 5.41) is 4.17. The molecule has 0 radical (unpaired) electrons. The molecule has 0 unspecified atom stereocenters. The molecule has 8 nitrogen and oxygen atoms in total. The van der Waals surface area contributed by atoms with Gasteiger partial charge in [0.25, 0.3) is 0 Å². The van der Waals surface area contributed by atoms with Gasteiger partial charge in [0.2, 0.25) is 5.75 Å². The van der Waals surface area contributed by atoms with Crippen LogP contribution in [-0.2, 0) is 11.2 Å². The zero-order valence-corrected chi connectivity index (χ0v) is 18.6. The fourth-order valence-electron chi connectivity index (χ4n) is 3.24. The normalized spacial score (nSPS) is 10.2. The van der Waals surface area contributed by atoms with Gasteiger partial charge in [-0.2, -0.15) is 0 Å². The highest BCUT2D eigenvalue weighted by molar-refractivity contribution is 5.86. The second kappa shape index (κ2) is 10.7. The van der Waals surface area contributed by atoms with E-state index in [1.807, 2.05) is 12.1 Å². The number of aromatic nitrogens is 1. The predicted octanol–water partition coefficient (Wildman–Crippen LogP) is 3.54. The van der Waals surface area contributed by atoms with E-state index in [0.29, 0.717) is 28.7 Å². The highest BCUT2D eigenvalue weighted by Crippen LogP contribution is 2.43. The minimum atomic E-state index is -0.0828. The van der Waals surface area contributed by atoms with Gasteiger partial charge in [0, 0.05) is 23.1 Å². The van der Waals surface area contributed by atoms with E-state index in [9.17, 15) is 4.79 Å². The Balaban J connectivity index is 0.00000341. The Labute approximate surface area is 186 Å². The second-order valence-corrected chi connectivity index (χ2v) is 6.44. The molecule has 0 saturated heterocycles. The number of nitrogens with zero attached hydrogens (tertiary/aromatic N) is 1. The van der Waals surface area contributed by atoms with Gasteiger partial charge in [-0.1, -0.05) is 11.2 Å². The third kappa shape index (κ3) is 4.92. The third-order valence-corrected chi connectivity index (χ3v) is 4.71. The largest absolute Gasteiger partial charge is 0.496 e. The van der Waals surface area contributed by atoms with Gasteiger partial charge in [-0.15, -0.1) is 12.4 Å². The zero-order valence-electron chi connectivity index (χ0n) is 17.8. The summed E-state index contributed by atoms with van der Waals surface area (Å²) in [6.45, 7) is -0.0304. The number of hydrogen-bond acceptors (Lipinski definition) is 8. The molecule has 9 heteroatoms. The van der Waals surface area contributed by atoms with Gasteiger partial charge in [0.15, 0.2) is 17.3 Å². The van der Waals surface area contributed by atoms with Crippen LogP contribution >= 0.6 is 12.4 Å². The second-order valence-electron chi connectivity index (χ2n) is 6.44. The Bertz CT molecular complexity index is 1030. The molecule has 2 N–H and O–H groups in total. The summed E-state index contributed by atoms with van der Waals surface area (Å²) in [4.78, 5) is 11.9. The number of ketones is 1. The fourth-order valence-corrected chi connectivity index (χ4v) is 3.24. The fraction of sp³-hybridized carbons (Fsp3) is 0.273. The van der Waals surface area contributed by atoms with Crippen molar-refractivity contribution in [3.8, 4) is 45.4 Å².